The fraction of sp³-hybridized carbons (Fsp3) is 0.556. The van der Waals surface area contributed by atoms with Gasteiger partial charge in [-0.3, -0.25) is 14.3 Å². The Morgan fingerprint density at radius 2 is 2.04 bits per heavy atom. The second-order valence-corrected chi connectivity index (χ2v) is 9.89. The first-order valence-electron chi connectivity index (χ1n) is 6.72. The van der Waals surface area contributed by atoms with Gasteiger partial charge in [-0.2, -0.15) is 0 Å². The van der Waals surface area contributed by atoms with Crippen LogP contribution in [0.4, 0.5) is 0 Å². The Bertz CT molecular complexity index is 861. The Morgan fingerprint density at radius 3 is 2.62 bits per heavy atom. The van der Waals surface area contributed by atoms with Crippen LogP contribution in [0.25, 0.3) is 0 Å². The van der Waals surface area contributed by atoms with Gasteiger partial charge in [-0.25, -0.2) is 8.88 Å². The maximum atomic E-state index is 11.2. The van der Waals surface area contributed by atoms with Crippen molar-refractivity contribution in [3.8, 4) is 0 Å². The molecule has 0 bridgehead atoms. The van der Waals surface area contributed by atoms with Gasteiger partial charge in [0.25, 0.3) is 5.56 Å². The van der Waals surface area contributed by atoms with Crippen LogP contribution >= 0.6 is 26.7 Å². The number of nitrogens with zero attached hydrogens (tertiary/aromatic N) is 1. The van der Waals surface area contributed by atoms with Crippen LogP contribution in [0.3, 0.4) is 0 Å². The Labute approximate surface area is 155 Å². The second-order valence-electron chi connectivity index (χ2n) is 5.03. The molecule has 1 aromatic heterocycles. The normalized spacial score (nSPS) is 30.7. The van der Waals surface area contributed by atoms with E-state index in [1.807, 2.05) is 0 Å². The van der Waals surface area contributed by atoms with E-state index in [4.69, 9.17) is 31.6 Å². The molecule has 1 saturated heterocycles. The first-order chi connectivity index (χ1) is 12.0. The first-order valence-corrected chi connectivity index (χ1v) is 11.3. The molecule has 7 N–H and O–H groups in total. The molecule has 1 fully saturated rings. The van der Waals surface area contributed by atoms with Crippen LogP contribution in [0.5, 0.6) is 0 Å². The summed E-state index contributed by atoms with van der Waals surface area (Å²) in [6, 6.07) is 1.13. The molecule has 17 heteroatoms. The number of aliphatic hydroxyl groups excluding tert-OH is 2. The molecule has 0 spiro atoms. The largest absolute Gasteiger partial charge is 0.432 e. The summed E-state index contributed by atoms with van der Waals surface area (Å²) in [5, 5.41) is 29.5. The number of H-pyrrole nitrogens is 1. The Kier molecular flexibility index (Phi) is 7.02. The van der Waals surface area contributed by atoms with Crippen molar-refractivity contribution in [3.63, 3.8) is 0 Å². The van der Waals surface area contributed by atoms with E-state index >= 15 is 0 Å². The molecule has 148 valence electrons. The lowest BCUT2D eigenvalue weighted by atomic mass is 10.1. The number of hydrogen-bond donors (Lipinski definition) is 7. The topological polar surface area (TPSA) is 196 Å². The maximum Gasteiger partial charge on any atom is 0.432 e. The molecule has 1 aliphatic heterocycles. The molecule has 6 atom stereocenters. The average molecular weight is 451 g/mol. The summed E-state index contributed by atoms with van der Waals surface area (Å²) >= 11 is 9.44. The van der Waals surface area contributed by atoms with Gasteiger partial charge in [-0.05, 0) is 24.0 Å². The van der Waals surface area contributed by atoms with Crippen molar-refractivity contribution in [2.75, 3.05) is 6.61 Å². The Hall–Kier alpha value is -0.380. The smallest absolute Gasteiger partial charge is 0.387 e. The molecule has 0 aliphatic carbocycles. The highest BCUT2D eigenvalue weighted by Crippen LogP contribution is 2.57. The van der Waals surface area contributed by atoms with E-state index in [0.717, 1.165) is 11.3 Å². The van der Waals surface area contributed by atoms with Crippen molar-refractivity contribution >= 4 is 38.5 Å². The minimum absolute atomic E-state index is 0.0684. The van der Waals surface area contributed by atoms with E-state index in [-0.39, 0.29) is 4.77 Å². The average Bonchev–Trinajstić information content (AvgIpc) is 2.80. The van der Waals surface area contributed by atoms with Gasteiger partial charge in [0.05, 0.1) is 6.61 Å². The minimum Gasteiger partial charge on any atom is -0.387 e. The molecule has 26 heavy (non-hydrogen) atoms. The van der Waals surface area contributed by atoms with E-state index in [9.17, 15) is 24.5 Å². The molecule has 0 amide bonds. The summed E-state index contributed by atoms with van der Waals surface area (Å²) in [5.41, 5.74) is -0.469. The van der Waals surface area contributed by atoms with Crippen LogP contribution in [-0.2, 0) is 29.9 Å². The van der Waals surface area contributed by atoms with Crippen LogP contribution in [0.1, 0.15) is 6.23 Å². The Balaban J connectivity index is 2.08. The summed E-state index contributed by atoms with van der Waals surface area (Å²) in [4.78, 5) is 32.2. The fourth-order valence-electron chi connectivity index (χ4n) is 2.07. The number of aromatic nitrogens is 2. The molecule has 0 radical (unpaired) electrons. The van der Waals surface area contributed by atoms with E-state index in [1.54, 1.807) is 0 Å². The van der Waals surface area contributed by atoms with Gasteiger partial charge in [-0.15, -0.1) is 5.25 Å². The van der Waals surface area contributed by atoms with Crippen molar-refractivity contribution in [2.45, 2.75) is 24.5 Å². The summed E-state index contributed by atoms with van der Waals surface area (Å²) in [7, 11) is -4.78. The van der Waals surface area contributed by atoms with E-state index in [1.165, 1.54) is 10.8 Å². The number of nitrogens with one attached hydrogen (secondary N) is 2. The summed E-state index contributed by atoms with van der Waals surface area (Å²) in [6.45, 7) is -4.91. The van der Waals surface area contributed by atoms with Crippen LogP contribution < -0.4 is 10.8 Å². The van der Waals surface area contributed by atoms with Crippen LogP contribution in [0.15, 0.2) is 17.1 Å². The third-order valence-corrected chi connectivity index (χ3v) is 6.87. The molecular weight excluding hydrogens is 436 g/mol. The summed E-state index contributed by atoms with van der Waals surface area (Å²) < 4.78 is 26.6. The van der Waals surface area contributed by atoms with Crippen LogP contribution in [0.2, 0.25) is 0 Å². The highest BCUT2D eigenvalue weighted by atomic mass is 32.5. The lowest BCUT2D eigenvalue weighted by Gasteiger charge is -2.21. The molecular formula is C9H15N3O10P2S2. The lowest BCUT2D eigenvalue weighted by molar-refractivity contribution is -0.0517. The maximum absolute atomic E-state index is 11.2. The summed E-state index contributed by atoms with van der Waals surface area (Å²) in [5.74, 6) is 0. The molecule has 13 nitrogen and oxygen atoms in total. The van der Waals surface area contributed by atoms with Gasteiger partial charge in [0.15, 0.2) is 11.0 Å². The third kappa shape index (κ3) is 5.33. The lowest BCUT2D eigenvalue weighted by Crippen LogP contribution is -2.34. The molecule has 0 saturated carbocycles. The number of rotatable bonds is 7. The molecule has 0 aromatic carbocycles. The monoisotopic (exact) mass is 451 g/mol. The minimum atomic E-state index is -4.78. The number of aromatic amines is 1. The van der Waals surface area contributed by atoms with E-state index in [0.29, 0.717) is 0 Å². The van der Waals surface area contributed by atoms with Gasteiger partial charge < -0.3 is 34.5 Å². The van der Waals surface area contributed by atoms with E-state index in [2.05, 4.69) is 21.1 Å². The van der Waals surface area contributed by atoms with Gasteiger partial charge in [0.1, 0.15) is 18.3 Å². The van der Waals surface area contributed by atoms with Gasteiger partial charge in [0, 0.05) is 12.3 Å². The number of ether oxygens (including phenoxy) is 1. The van der Waals surface area contributed by atoms with Gasteiger partial charge in [-0.1, -0.05) is 0 Å². The van der Waals surface area contributed by atoms with Crippen molar-refractivity contribution in [1.29, 1.82) is 0 Å². The molecule has 1 aromatic rings. The predicted octanol–water partition coefficient (Wildman–Crippen LogP) is -1.15. The van der Waals surface area contributed by atoms with Crippen LogP contribution in [0, 0.1) is 4.77 Å². The van der Waals surface area contributed by atoms with E-state index < -0.39 is 51.2 Å². The Morgan fingerprint density at radius 1 is 1.38 bits per heavy atom. The standard InChI is InChI=1S/C9H15N3O10P2S2/c13-5-1-2-12(9(25)10-5)8-7(15)6(14)4(21-8)3-20-24(19,26)22-23(17,18)11-16/h1-2,4,6-8,14-16H,3H2,(H,19,26)(H,10,13,25)(H2,11,17,18)/t4-,6-,7-,8-,24?/m1/s1. The zero-order valence-corrected chi connectivity index (χ0v) is 16.0. The second kappa shape index (κ2) is 8.32. The zero-order valence-electron chi connectivity index (χ0n) is 12.6. The van der Waals surface area contributed by atoms with Crippen molar-refractivity contribution in [2.24, 2.45) is 0 Å². The SMILES string of the molecule is O=c1ccn([C@@H]2O[C@H](COP(O)(=S)OP(=O)(O)NO)[C@@H](O)[C@H]2O)c(=S)[nH]1. The van der Waals surface area contributed by atoms with Crippen molar-refractivity contribution in [3.05, 3.63) is 27.4 Å². The summed E-state index contributed by atoms with van der Waals surface area (Å²) in [6.07, 6.45) is -4.12. The highest BCUT2D eigenvalue weighted by Gasteiger charge is 2.44. The molecule has 2 heterocycles. The quantitative estimate of drug-likeness (QED) is 0.149. The zero-order chi connectivity index (χ0) is 19.7. The van der Waals surface area contributed by atoms with Gasteiger partial charge >= 0.3 is 14.5 Å². The molecule has 1 aliphatic rings. The molecule has 2 rings (SSSR count). The number of aliphatic hydroxyl groups is 2. The highest BCUT2D eigenvalue weighted by molar-refractivity contribution is 8.08. The van der Waals surface area contributed by atoms with Crippen molar-refractivity contribution in [1.82, 2.24) is 14.8 Å². The molecule has 2 unspecified atom stereocenters. The van der Waals surface area contributed by atoms with Crippen molar-refractivity contribution < 1.29 is 43.3 Å². The predicted molar refractivity (Wildman–Crippen MR) is 90.1 cm³/mol. The number of hydrogen-bond acceptors (Lipinski definition) is 10. The third-order valence-electron chi connectivity index (χ3n) is 3.20. The first kappa shape index (κ1) is 21.9. The van der Waals surface area contributed by atoms with Crippen LogP contribution in [-0.4, -0.2) is 59.7 Å². The fourth-order valence-corrected chi connectivity index (χ4v) is 5.12. The van der Waals surface area contributed by atoms with Gasteiger partial charge in [0.2, 0.25) is 0 Å².